The highest BCUT2D eigenvalue weighted by Crippen LogP contribution is 2.69. The van der Waals surface area contributed by atoms with E-state index in [4.69, 9.17) is 27.4 Å². The van der Waals surface area contributed by atoms with Crippen molar-refractivity contribution >= 4 is 0 Å². The Kier molecular flexibility index (Phi) is 13.0. The average Bonchev–Trinajstić information content (AvgIpc) is 3.44. The molecule has 4 aliphatic carbocycles. The lowest BCUT2D eigenvalue weighted by molar-refractivity contribution is -0.226. The van der Waals surface area contributed by atoms with Gasteiger partial charge in [0.15, 0.2) is 0 Å². The highest BCUT2D eigenvalue weighted by atomic mass is 16.5. The molecular formula is C41H60N4O3. The van der Waals surface area contributed by atoms with Crippen molar-refractivity contribution in [3.63, 3.8) is 0 Å². The first kappa shape index (κ1) is 36.8. The van der Waals surface area contributed by atoms with Gasteiger partial charge in [-0.05, 0) is 118 Å². The Hall–Kier alpha value is -2.47. The molecule has 1 aromatic rings. The molecule has 0 aromatic heterocycles. The van der Waals surface area contributed by atoms with Crippen LogP contribution >= 0.6 is 0 Å². The van der Waals surface area contributed by atoms with E-state index in [0.29, 0.717) is 74.8 Å². The number of fused-ring (bicyclic) bond motifs is 5. The second kappa shape index (κ2) is 17.0. The van der Waals surface area contributed by atoms with E-state index in [2.05, 4.69) is 78.8 Å². The maximum atomic E-state index is 9.39. The van der Waals surface area contributed by atoms with Gasteiger partial charge in [0.05, 0.1) is 37.4 Å². The fourth-order valence-corrected chi connectivity index (χ4v) is 11.3. The van der Waals surface area contributed by atoms with Crippen LogP contribution in [-0.2, 0) is 20.8 Å². The summed E-state index contributed by atoms with van der Waals surface area (Å²) < 4.78 is 19.8. The molecule has 4 fully saturated rings. The summed E-state index contributed by atoms with van der Waals surface area (Å²) in [5.74, 6) is 3.14. The van der Waals surface area contributed by atoms with Crippen molar-refractivity contribution in [2.45, 2.75) is 110 Å². The van der Waals surface area contributed by atoms with Crippen LogP contribution < -0.4 is 0 Å². The summed E-state index contributed by atoms with van der Waals surface area (Å²) in [5.41, 5.74) is 1.60. The maximum Gasteiger partial charge on any atom is 0.237 e. The van der Waals surface area contributed by atoms with Crippen LogP contribution in [0.1, 0.15) is 90.5 Å². The number of ether oxygens (including phenoxy) is 3. The van der Waals surface area contributed by atoms with E-state index in [-0.39, 0.29) is 29.1 Å². The zero-order valence-corrected chi connectivity index (χ0v) is 30.1. The lowest BCUT2D eigenvalue weighted by Crippen LogP contribution is -2.63. The molecule has 0 N–H and O–H groups in total. The van der Waals surface area contributed by atoms with Gasteiger partial charge >= 0.3 is 0 Å². The first-order valence-corrected chi connectivity index (χ1v) is 18.9. The van der Waals surface area contributed by atoms with Crippen LogP contribution in [0, 0.1) is 70.8 Å². The van der Waals surface area contributed by atoms with Gasteiger partial charge in [0.1, 0.15) is 13.2 Å². The van der Waals surface area contributed by atoms with Gasteiger partial charge in [-0.2, -0.15) is 5.26 Å². The third-order valence-corrected chi connectivity index (χ3v) is 13.6. The first-order chi connectivity index (χ1) is 23.3. The van der Waals surface area contributed by atoms with Gasteiger partial charge in [-0.1, -0.05) is 51.1 Å². The van der Waals surface area contributed by atoms with E-state index >= 15 is 0 Å². The number of rotatable bonds is 16. The summed E-state index contributed by atoms with van der Waals surface area (Å²) >= 11 is 0. The van der Waals surface area contributed by atoms with Crippen molar-refractivity contribution < 1.29 is 14.2 Å². The molecule has 0 unspecified atom stereocenters. The van der Waals surface area contributed by atoms with Crippen molar-refractivity contribution in [2.75, 3.05) is 46.5 Å². The smallest absolute Gasteiger partial charge is 0.237 e. The van der Waals surface area contributed by atoms with Gasteiger partial charge in [-0.25, -0.2) is 13.1 Å². The van der Waals surface area contributed by atoms with Crippen LogP contribution in [0.4, 0.5) is 0 Å². The molecule has 0 heterocycles. The number of hydrogen-bond acceptors (Lipinski definition) is 5. The molecular weight excluding hydrogens is 596 g/mol. The monoisotopic (exact) mass is 656 g/mol. The third kappa shape index (κ3) is 7.95. The molecule has 11 atom stereocenters. The first-order valence-electron chi connectivity index (χ1n) is 18.9. The molecule has 0 aliphatic heterocycles. The molecule has 48 heavy (non-hydrogen) atoms. The largest absolute Gasteiger partial charge is 0.377 e. The molecule has 7 nitrogen and oxygen atoms in total. The van der Waals surface area contributed by atoms with Gasteiger partial charge < -0.3 is 28.8 Å². The van der Waals surface area contributed by atoms with E-state index in [0.717, 1.165) is 45.2 Å². The van der Waals surface area contributed by atoms with Crippen LogP contribution in [0.15, 0.2) is 30.3 Å². The Morgan fingerprint density at radius 1 is 0.958 bits per heavy atom. The molecule has 1 aromatic carbocycles. The quantitative estimate of drug-likeness (QED) is 0.132. The van der Waals surface area contributed by atoms with Crippen LogP contribution in [0.2, 0.25) is 0 Å². The number of hydrogen-bond donors (Lipinski definition) is 0. The van der Waals surface area contributed by atoms with Crippen LogP contribution in [0.5, 0.6) is 0 Å². The van der Waals surface area contributed by atoms with Gasteiger partial charge in [0, 0.05) is 12.0 Å². The highest BCUT2D eigenvalue weighted by molar-refractivity contribution is 5.16. The van der Waals surface area contributed by atoms with Crippen molar-refractivity contribution in [1.29, 1.82) is 5.26 Å². The molecule has 0 spiro atoms. The van der Waals surface area contributed by atoms with Gasteiger partial charge in [-0.3, -0.25) is 0 Å². The lowest BCUT2D eigenvalue weighted by atomic mass is 9.43. The lowest BCUT2D eigenvalue weighted by Gasteiger charge is -2.64. The third-order valence-electron chi connectivity index (χ3n) is 13.6. The maximum absolute atomic E-state index is 9.39. The Morgan fingerprint density at radius 2 is 1.71 bits per heavy atom. The Bertz CT molecular complexity index is 1290. The molecule has 0 amide bonds. The van der Waals surface area contributed by atoms with E-state index < -0.39 is 0 Å². The molecule has 4 saturated carbocycles. The number of benzene rings is 1. The van der Waals surface area contributed by atoms with Crippen LogP contribution in [-0.4, -0.2) is 69.7 Å². The van der Waals surface area contributed by atoms with Crippen LogP contribution in [0.3, 0.4) is 0 Å². The normalized spacial score (nSPS) is 36.2. The van der Waals surface area contributed by atoms with Crippen LogP contribution in [0.25, 0.3) is 9.69 Å². The predicted octanol–water partition coefficient (Wildman–Crippen LogP) is 8.32. The minimum atomic E-state index is 0.0403. The van der Waals surface area contributed by atoms with E-state index in [1.807, 2.05) is 0 Å². The van der Waals surface area contributed by atoms with Crippen molar-refractivity contribution in [2.24, 2.45) is 46.3 Å². The molecule has 0 radical (unpaired) electrons. The second-order valence-corrected chi connectivity index (χ2v) is 16.1. The molecule has 7 heteroatoms. The predicted molar refractivity (Wildman–Crippen MR) is 190 cm³/mol. The number of nitriles is 1. The molecule has 4 aliphatic rings. The van der Waals surface area contributed by atoms with E-state index in [1.54, 1.807) is 0 Å². The Morgan fingerprint density at radius 3 is 2.44 bits per heavy atom. The van der Waals surface area contributed by atoms with Crippen molar-refractivity contribution in [3.8, 4) is 6.07 Å². The van der Waals surface area contributed by atoms with Gasteiger partial charge in [0.2, 0.25) is 13.1 Å². The fraction of sp³-hybridized carbons (Fsp3) is 0.780. The SMILES string of the molecule is [C-]#[N+]CCO[C@@H]1CC[C@@]2(C)[C@@H](C1)C[C@@H](OCCC#N)[C@@H]1[C@@H]2C[C@H](OCC[N+]#[C-])[C@]2(C)[C@@H]([C@@H](C)CCCN(C)Cc3ccccc3)CC[C@@H]12. The minimum absolute atomic E-state index is 0.0403. The zero-order valence-electron chi connectivity index (χ0n) is 30.1. The second-order valence-electron chi connectivity index (χ2n) is 16.1. The molecule has 5 rings (SSSR count). The van der Waals surface area contributed by atoms with E-state index in [9.17, 15) is 5.26 Å². The summed E-state index contributed by atoms with van der Waals surface area (Å²) in [7, 11) is 2.24. The molecule has 0 saturated heterocycles. The Balaban J connectivity index is 1.35. The Labute approximate surface area is 291 Å². The topological polar surface area (TPSA) is 63.4 Å². The van der Waals surface area contributed by atoms with Gasteiger partial charge in [0.25, 0.3) is 0 Å². The minimum Gasteiger partial charge on any atom is -0.377 e. The summed E-state index contributed by atoms with van der Waals surface area (Å²) in [6.45, 7) is 26.7. The van der Waals surface area contributed by atoms with Gasteiger partial charge in [-0.15, -0.1) is 0 Å². The summed E-state index contributed by atoms with van der Waals surface area (Å²) in [6, 6.07) is 13.1. The summed E-state index contributed by atoms with van der Waals surface area (Å²) in [4.78, 5) is 9.62. The highest BCUT2D eigenvalue weighted by Gasteiger charge is 2.66. The van der Waals surface area contributed by atoms with Crippen molar-refractivity contribution in [3.05, 3.63) is 58.7 Å². The molecule has 0 bridgehead atoms. The zero-order chi connectivity index (χ0) is 34.1. The summed E-state index contributed by atoms with van der Waals surface area (Å²) in [6.07, 6.45) is 11.1. The van der Waals surface area contributed by atoms with E-state index in [1.165, 1.54) is 31.2 Å². The fourth-order valence-electron chi connectivity index (χ4n) is 11.3. The van der Waals surface area contributed by atoms with Crippen molar-refractivity contribution in [1.82, 2.24) is 4.90 Å². The standard InChI is InChI=1S/C41H60N4O3/c1-30(12-10-22-45(6)29-31-13-8-7-9-14-31)34-15-16-35-39-36(28-38(41(34,35)3)48-25-21-44-5)40(2)18-17-33(46-24-20-43-4)26-32(40)27-37(39)47-23-11-19-42/h7-9,13-14,30,32-39H,10-12,15-18,20-29H2,1-3,6H3/t30-,32-,33+,34+,35-,36-,37+,38-,39-,40-,41+/m0/s1. The average molecular weight is 657 g/mol. The molecule has 262 valence electrons. The number of nitrogens with zero attached hydrogens (tertiary/aromatic N) is 4. The summed E-state index contributed by atoms with van der Waals surface area (Å²) in [5, 5.41) is 9.39.